The van der Waals surface area contributed by atoms with Crippen LogP contribution in [0.4, 0.5) is 0 Å². The smallest absolute Gasteiger partial charge is 0.242 e. The van der Waals surface area contributed by atoms with Crippen molar-refractivity contribution in [1.82, 2.24) is 15.2 Å². The number of amides is 2. The number of aromatic nitrogens is 1. The van der Waals surface area contributed by atoms with Crippen molar-refractivity contribution in [2.24, 2.45) is 0 Å². The van der Waals surface area contributed by atoms with E-state index >= 15 is 0 Å². The Morgan fingerprint density at radius 2 is 1.73 bits per heavy atom. The van der Waals surface area contributed by atoms with Gasteiger partial charge in [-0.1, -0.05) is 60.7 Å². The Bertz CT molecular complexity index is 958. The number of oxazole rings is 1. The first-order valence-electron chi connectivity index (χ1n) is 10.3. The molecule has 1 fully saturated rings. The van der Waals surface area contributed by atoms with E-state index in [-0.39, 0.29) is 24.3 Å². The molecule has 1 unspecified atom stereocenters. The molecule has 1 aliphatic heterocycles. The first-order chi connectivity index (χ1) is 14.7. The number of nitrogens with one attached hydrogen (secondary N) is 1. The van der Waals surface area contributed by atoms with Crippen LogP contribution in [-0.2, 0) is 16.0 Å². The average Bonchev–Trinajstić information content (AvgIpc) is 3.46. The molecule has 0 aliphatic carbocycles. The summed E-state index contributed by atoms with van der Waals surface area (Å²) in [4.78, 5) is 31.2. The van der Waals surface area contributed by atoms with Crippen LogP contribution in [0.1, 0.15) is 25.2 Å². The molecule has 0 radical (unpaired) electrons. The molecule has 0 saturated carbocycles. The number of hydrogen-bond donors (Lipinski definition) is 1. The summed E-state index contributed by atoms with van der Waals surface area (Å²) in [6.07, 6.45) is 2.21. The Balaban J connectivity index is 1.54. The second-order valence-corrected chi connectivity index (χ2v) is 7.38. The Morgan fingerprint density at radius 1 is 1.07 bits per heavy atom. The number of carbonyl (C=O) groups excluding carboxylic acids is 2. The SMILES string of the molecule is CNC(=O)C1CCCN1C(=O)CCc1nc(-c2ccccc2)c(-c2ccccc2)o1. The molecule has 0 spiro atoms. The Labute approximate surface area is 175 Å². The van der Waals surface area contributed by atoms with Gasteiger partial charge < -0.3 is 14.6 Å². The van der Waals surface area contributed by atoms with Gasteiger partial charge in [0.25, 0.3) is 0 Å². The van der Waals surface area contributed by atoms with E-state index in [1.54, 1.807) is 11.9 Å². The van der Waals surface area contributed by atoms with E-state index in [0.29, 0.717) is 31.0 Å². The van der Waals surface area contributed by atoms with E-state index < -0.39 is 0 Å². The number of aryl methyl sites for hydroxylation is 1. The molecule has 1 aliphatic rings. The molecule has 4 rings (SSSR count). The van der Waals surface area contributed by atoms with E-state index in [4.69, 9.17) is 9.40 Å². The van der Waals surface area contributed by atoms with E-state index in [0.717, 1.165) is 23.2 Å². The quantitative estimate of drug-likeness (QED) is 0.681. The fourth-order valence-corrected chi connectivity index (χ4v) is 3.91. The minimum absolute atomic E-state index is 0.0400. The van der Waals surface area contributed by atoms with Crippen molar-refractivity contribution < 1.29 is 14.0 Å². The molecule has 2 amide bonds. The largest absolute Gasteiger partial charge is 0.440 e. The monoisotopic (exact) mass is 403 g/mol. The third-order valence-electron chi connectivity index (χ3n) is 5.43. The second-order valence-electron chi connectivity index (χ2n) is 7.38. The summed E-state index contributed by atoms with van der Waals surface area (Å²) in [7, 11) is 1.60. The van der Waals surface area contributed by atoms with Crippen molar-refractivity contribution in [2.45, 2.75) is 31.7 Å². The van der Waals surface area contributed by atoms with E-state index in [2.05, 4.69) is 5.32 Å². The second kappa shape index (κ2) is 8.95. The highest BCUT2D eigenvalue weighted by atomic mass is 16.4. The molecule has 1 atom stereocenters. The third-order valence-corrected chi connectivity index (χ3v) is 5.43. The summed E-state index contributed by atoms with van der Waals surface area (Å²) < 4.78 is 6.10. The van der Waals surface area contributed by atoms with Crippen molar-refractivity contribution in [3.63, 3.8) is 0 Å². The lowest BCUT2D eigenvalue weighted by atomic mass is 10.1. The summed E-state index contributed by atoms with van der Waals surface area (Å²) >= 11 is 0. The van der Waals surface area contributed by atoms with Gasteiger partial charge in [-0.2, -0.15) is 0 Å². The van der Waals surface area contributed by atoms with Gasteiger partial charge in [-0.3, -0.25) is 9.59 Å². The summed E-state index contributed by atoms with van der Waals surface area (Å²) in [6.45, 7) is 0.618. The molecule has 1 N–H and O–H groups in total. The van der Waals surface area contributed by atoms with Crippen LogP contribution in [0.25, 0.3) is 22.6 Å². The lowest BCUT2D eigenvalue weighted by molar-refractivity contribution is -0.138. The minimum Gasteiger partial charge on any atom is -0.440 e. The first-order valence-corrected chi connectivity index (χ1v) is 10.3. The molecule has 30 heavy (non-hydrogen) atoms. The van der Waals surface area contributed by atoms with Gasteiger partial charge in [0.2, 0.25) is 11.8 Å². The molecule has 6 heteroatoms. The summed E-state index contributed by atoms with van der Waals surface area (Å²) in [5, 5.41) is 2.65. The Hall–Kier alpha value is -3.41. The van der Waals surface area contributed by atoms with Crippen LogP contribution in [0.15, 0.2) is 65.1 Å². The highest BCUT2D eigenvalue weighted by Crippen LogP contribution is 2.33. The predicted molar refractivity (Wildman–Crippen MR) is 114 cm³/mol. The molecule has 6 nitrogen and oxygen atoms in total. The Morgan fingerprint density at radius 3 is 2.40 bits per heavy atom. The maximum atomic E-state index is 12.8. The number of benzene rings is 2. The minimum atomic E-state index is -0.369. The van der Waals surface area contributed by atoms with Gasteiger partial charge in [0.05, 0.1) is 0 Å². The molecule has 3 aromatic rings. The number of likely N-dealkylation sites (tertiary alicyclic amines) is 1. The maximum Gasteiger partial charge on any atom is 0.242 e. The van der Waals surface area contributed by atoms with Crippen molar-refractivity contribution in [3.05, 3.63) is 66.6 Å². The average molecular weight is 403 g/mol. The normalized spacial score (nSPS) is 15.9. The van der Waals surface area contributed by atoms with Gasteiger partial charge in [0.1, 0.15) is 11.7 Å². The highest BCUT2D eigenvalue weighted by Gasteiger charge is 2.33. The third kappa shape index (κ3) is 4.13. The molecule has 1 aromatic heterocycles. The first kappa shape index (κ1) is 19.9. The lowest BCUT2D eigenvalue weighted by Gasteiger charge is -2.23. The predicted octanol–water partition coefficient (Wildman–Crippen LogP) is 3.68. The van der Waals surface area contributed by atoms with E-state index in [1.165, 1.54) is 0 Å². The fourth-order valence-electron chi connectivity index (χ4n) is 3.91. The van der Waals surface area contributed by atoms with Crippen LogP contribution in [0, 0.1) is 0 Å². The lowest BCUT2D eigenvalue weighted by Crippen LogP contribution is -2.44. The molecule has 2 heterocycles. The van der Waals surface area contributed by atoms with Gasteiger partial charge >= 0.3 is 0 Å². The highest BCUT2D eigenvalue weighted by molar-refractivity contribution is 5.88. The summed E-state index contributed by atoms with van der Waals surface area (Å²) in [5.41, 5.74) is 2.69. The van der Waals surface area contributed by atoms with E-state index in [1.807, 2.05) is 60.7 Å². The van der Waals surface area contributed by atoms with E-state index in [9.17, 15) is 9.59 Å². The van der Waals surface area contributed by atoms with Crippen molar-refractivity contribution in [2.75, 3.05) is 13.6 Å². The van der Waals surface area contributed by atoms with Gasteiger partial charge in [0.15, 0.2) is 11.7 Å². The van der Waals surface area contributed by atoms with Crippen LogP contribution >= 0.6 is 0 Å². The number of likely N-dealkylation sites (N-methyl/N-ethyl adjacent to an activating group) is 1. The molecular weight excluding hydrogens is 378 g/mol. The standard InChI is InChI=1S/C24H25N3O3/c1-25-24(29)19-13-8-16-27(19)21(28)15-14-20-26-22(17-9-4-2-5-10-17)23(30-20)18-11-6-3-7-12-18/h2-7,9-12,19H,8,13-16H2,1H3,(H,25,29). The molecule has 0 bridgehead atoms. The Kier molecular flexibility index (Phi) is 5.93. The number of hydrogen-bond acceptors (Lipinski definition) is 4. The summed E-state index contributed by atoms with van der Waals surface area (Å²) in [6, 6.07) is 19.4. The molecule has 154 valence electrons. The fraction of sp³-hybridized carbons (Fsp3) is 0.292. The van der Waals surface area contributed by atoms with Crippen LogP contribution in [-0.4, -0.2) is 41.3 Å². The van der Waals surface area contributed by atoms with Crippen molar-refractivity contribution >= 4 is 11.8 Å². The number of rotatable bonds is 6. The zero-order valence-electron chi connectivity index (χ0n) is 17.0. The van der Waals surface area contributed by atoms with Gasteiger partial charge in [-0.05, 0) is 12.8 Å². The summed E-state index contributed by atoms with van der Waals surface area (Å²) in [5.74, 6) is 1.09. The van der Waals surface area contributed by atoms with Gasteiger partial charge in [-0.15, -0.1) is 0 Å². The van der Waals surface area contributed by atoms with Crippen molar-refractivity contribution in [1.29, 1.82) is 0 Å². The molecule has 2 aromatic carbocycles. The number of carbonyl (C=O) groups is 2. The maximum absolute atomic E-state index is 12.8. The zero-order valence-corrected chi connectivity index (χ0v) is 17.0. The van der Waals surface area contributed by atoms with Crippen LogP contribution in [0.2, 0.25) is 0 Å². The topological polar surface area (TPSA) is 75.4 Å². The van der Waals surface area contributed by atoms with Crippen LogP contribution in [0.3, 0.4) is 0 Å². The molecular formula is C24H25N3O3. The van der Waals surface area contributed by atoms with Crippen molar-refractivity contribution in [3.8, 4) is 22.6 Å². The molecule has 1 saturated heterocycles. The van der Waals surface area contributed by atoms with Crippen LogP contribution < -0.4 is 5.32 Å². The van der Waals surface area contributed by atoms with Crippen LogP contribution in [0.5, 0.6) is 0 Å². The zero-order chi connectivity index (χ0) is 20.9. The van der Waals surface area contributed by atoms with Gasteiger partial charge in [-0.25, -0.2) is 4.98 Å². The number of nitrogens with zero attached hydrogens (tertiary/aromatic N) is 2. The van der Waals surface area contributed by atoms with Gasteiger partial charge in [0, 0.05) is 37.6 Å².